The molecule has 0 N–H and O–H groups in total. The smallest absolute Gasteiger partial charge is 0.265 e. The molecule has 6 rings (SSSR count). The molecule has 0 radical (unpaired) electrons. The van der Waals surface area contributed by atoms with E-state index in [4.69, 9.17) is 15.0 Å². The summed E-state index contributed by atoms with van der Waals surface area (Å²) in [6.45, 7) is 4.54. The van der Waals surface area contributed by atoms with E-state index in [0.717, 1.165) is 27.8 Å². The first kappa shape index (κ1) is 19.4. The Morgan fingerprint density at radius 1 is 0.788 bits per heavy atom. The summed E-state index contributed by atoms with van der Waals surface area (Å²) >= 11 is 0. The summed E-state index contributed by atoms with van der Waals surface area (Å²) < 4.78 is 3.58. The van der Waals surface area contributed by atoms with Crippen LogP contribution in [-0.2, 0) is 6.54 Å². The minimum atomic E-state index is -0.124. The second-order valence-electron chi connectivity index (χ2n) is 8.42. The first-order valence-electron chi connectivity index (χ1n) is 10.9. The molecule has 0 saturated heterocycles. The quantitative estimate of drug-likeness (QED) is 0.398. The van der Waals surface area contributed by atoms with Gasteiger partial charge in [0.2, 0.25) is 0 Å². The summed E-state index contributed by atoms with van der Waals surface area (Å²) in [7, 11) is 0. The topological polar surface area (TPSA) is 65.6 Å². The van der Waals surface area contributed by atoms with Gasteiger partial charge in [0.25, 0.3) is 5.56 Å². The molecular formula is C27H21N5O. The Morgan fingerprint density at radius 2 is 1.55 bits per heavy atom. The summed E-state index contributed by atoms with van der Waals surface area (Å²) in [5.41, 5.74) is 7.42. The fourth-order valence-electron chi connectivity index (χ4n) is 4.29. The molecule has 3 heterocycles. The molecule has 6 nitrogen and oxygen atoms in total. The van der Waals surface area contributed by atoms with Gasteiger partial charge in [-0.25, -0.2) is 15.0 Å². The maximum absolute atomic E-state index is 13.7. The maximum Gasteiger partial charge on any atom is 0.265 e. The molecule has 0 bridgehead atoms. The number of aryl methyl sites for hydroxylation is 2. The maximum atomic E-state index is 13.7. The van der Waals surface area contributed by atoms with Crippen molar-refractivity contribution >= 4 is 33.2 Å². The van der Waals surface area contributed by atoms with Crippen molar-refractivity contribution in [2.45, 2.75) is 20.4 Å². The minimum Gasteiger partial charge on any atom is -0.294 e. The largest absolute Gasteiger partial charge is 0.294 e. The highest BCUT2D eigenvalue weighted by molar-refractivity contribution is 6.05. The van der Waals surface area contributed by atoms with Gasteiger partial charge in [0.05, 0.1) is 17.6 Å². The fourth-order valence-corrected chi connectivity index (χ4v) is 4.29. The molecule has 0 aliphatic carbocycles. The average Bonchev–Trinajstić information content (AvgIpc) is 3.14. The van der Waals surface area contributed by atoms with Crippen LogP contribution in [0.5, 0.6) is 0 Å². The van der Waals surface area contributed by atoms with Gasteiger partial charge in [0.15, 0.2) is 11.3 Å². The third kappa shape index (κ3) is 3.19. The highest BCUT2D eigenvalue weighted by Gasteiger charge is 2.21. The van der Waals surface area contributed by atoms with Crippen LogP contribution >= 0.6 is 0 Å². The van der Waals surface area contributed by atoms with Gasteiger partial charge in [-0.2, -0.15) is 0 Å². The van der Waals surface area contributed by atoms with Gasteiger partial charge in [-0.3, -0.25) is 13.9 Å². The van der Waals surface area contributed by atoms with E-state index in [1.807, 2.05) is 85.1 Å². The van der Waals surface area contributed by atoms with Gasteiger partial charge in [0.1, 0.15) is 17.2 Å². The normalized spacial score (nSPS) is 11.6. The van der Waals surface area contributed by atoms with Gasteiger partial charge in [0, 0.05) is 5.69 Å². The standard InChI is InChI=1S/C27H21N5O/c1-17-10-12-19(13-11-17)15-31-16-28-25-23(27(31)33)24-26(30-22-9-4-3-8-21(22)29-24)32(25)20-7-5-6-18(2)14-20/h3-14,16H,15H2,1-2H3. The van der Waals surface area contributed by atoms with Crippen LogP contribution in [0.4, 0.5) is 0 Å². The zero-order valence-corrected chi connectivity index (χ0v) is 18.4. The lowest BCUT2D eigenvalue weighted by molar-refractivity contribution is 0.746. The lowest BCUT2D eigenvalue weighted by Gasteiger charge is -2.08. The van der Waals surface area contributed by atoms with Crippen LogP contribution in [-0.4, -0.2) is 24.1 Å². The van der Waals surface area contributed by atoms with Crippen LogP contribution in [0, 0.1) is 13.8 Å². The monoisotopic (exact) mass is 431 g/mol. The molecule has 0 saturated carbocycles. The molecule has 33 heavy (non-hydrogen) atoms. The lowest BCUT2D eigenvalue weighted by Crippen LogP contribution is -2.21. The van der Waals surface area contributed by atoms with E-state index in [1.165, 1.54) is 5.56 Å². The minimum absolute atomic E-state index is 0.124. The molecule has 3 aromatic heterocycles. The van der Waals surface area contributed by atoms with E-state index in [2.05, 4.69) is 6.07 Å². The van der Waals surface area contributed by atoms with E-state index in [9.17, 15) is 4.79 Å². The Bertz CT molecular complexity index is 1730. The van der Waals surface area contributed by atoms with E-state index >= 15 is 0 Å². The van der Waals surface area contributed by atoms with Crippen molar-refractivity contribution in [2.75, 3.05) is 0 Å². The molecular weight excluding hydrogens is 410 g/mol. The molecule has 0 aliphatic heterocycles. The predicted molar refractivity (Wildman–Crippen MR) is 131 cm³/mol. The Labute approximate surface area is 189 Å². The molecule has 3 aromatic carbocycles. The van der Waals surface area contributed by atoms with Gasteiger partial charge in [-0.15, -0.1) is 0 Å². The second kappa shape index (κ2) is 7.38. The molecule has 0 spiro atoms. The second-order valence-corrected chi connectivity index (χ2v) is 8.42. The van der Waals surface area contributed by atoms with Crippen molar-refractivity contribution in [3.05, 3.63) is 106 Å². The summed E-state index contributed by atoms with van der Waals surface area (Å²) in [5.74, 6) is 0. The fraction of sp³-hybridized carbons (Fsp3) is 0.111. The van der Waals surface area contributed by atoms with Crippen molar-refractivity contribution in [3.63, 3.8) is 0 Å². The number of nitrogens with zero attached hydrogens (tertiary/aromatic N) is 5. The first-order valence-corrected chi connectivity index (χ1v) is 10.9. The van der Waals surface area contributed by atoms with Crippen molar-refractivity contribution in [3.8, 4) is 5.69 Å². The SMILES string of the molecule is Cc1ccc(Cn2cnc3c(c2=O)c2nc4ccccc4nc2n3-c2cccc(C)c2)cc1. The van der Waals surface area contributed by atoms with Gasteiger partial charge < -0.3 is 0 Å². The highest BCUT2D eigenvalue weighted by atomic mass is 16.1. The number of fused-ring (bicyclic) bond motifs is 4. The van der Waals surface area contributed by atoms with Crippen LogP contribution in [0.2, 0.25) is 0 Å². The Kier molecular flexibility index (Phi) is 4.33. The van der Waals surface area contributed by atoms with E-state index < -0.39 is 0 Å². The van der Waals surface area contributed by atoms with Crippen LogP contribution in [0.15, 0.2) is 83.9 Å². The van der Waals surface area contributed by atoms with Crippen molar-refractivity contribution < 1.29 is 0 Å². The molecule has 6 heteroatoms. The molecule has 160 valence electrons. The molecule has 0 atom stereocenters. The number of hydrogen-bond acceptors (Lipinski definition) is 4. The van der Waals surface area contributed by atoms with Gasteiger partial charge in [-0.05, 0) is 49.2 Å². The molecule has 6 aromatic rings. The number of benzene rings is 3. The van der Waals surface area contributed by atoms with Crippen LogP contribution in [0.25, 0.3) is 38.9 Å². The van der Waals surface area contributed by atoms with Crippen LogP contribution < -0.4 is 5.56 Å². The Balaban J connectivity index is 1.68. The van der Waals surface area contributed by atoms with E-state index in [-0.39, 0.29) is 5.56 Å². The van der Waals surface area contributed by atoms with Crippen molar-refractivity contribution in [2.24, 2.45) is 0 Å². The summed E-state index contributed by atoms with van der Waals surface area (Å²) in [6, 6.07) is 24.0. The van der Waals surface area contributed by atoms with Gasteiger partial charge >= 0.3 is 0 Å². The summed E-state index contributed by atoms with van der Waals surface area (Å²) in [6.07, 6.45) is 1.62. The first-order chi connectivity index (χ1) is 16.1. The number of rotatable bonds is 3. The average molecular weight is 431 g/mol. The Morgan fingerprint density at radius 3 is 2.30 bits per heavy atom. The molecule has 0 amide bonds. The Hall–Kier alpha value is -4.32. The van der Waals surface area contributed by atoms with Crippen molar-refractivity contribution in [1.29, 1.82) is 0 Å². The van der Waals surface area contributed by atoms with E-state index in [1.54, 1.807) is 10.9 Å². The number of aromatic nitrogens is 5. The third-order valence-corrected chi connectivity index (χ3v) is 5.96. The lowest BCUT2D eigenvalue weighted by atomic mass is 10.1. The molecule has 0 unspecified atom stereocenters. The molecule has 0 aliphatic rings. The van der Waals surface area contributed by atoms with Crippen LogP contribution in [0.1, 0.15) is 16.7 Å². The summed E-state index contributed by atoms with van der Waals surface area (Å²) in [4.78, 5) is 28.2. The van der Waals surface area contributed by atoms with Crippen LogP contribution in [0.3, 0.4) is 0 Å². The number of hydrogen-bond donors (Lipinski definition) is 0. The number of para-hydroxylation sites is 2. The van der Waals surface area contributed by atoms with Crippen molar-refractivity contribution in [1.82, 2.24) is 24.1 Å². The summed E-state index contributed by atoms with van der Waals surface area (Å²) in [5, 5.41) is 0.486. The zero-order chi connectivity index (χ0) is 22.5. The highest BCUT2D eigenvalue weighted by Crippen LogP contribution is 2.28. The predicted octanol–water partition coefficient (Wildman–Crippen LogP) is 4.95. The molecule has 0 fully saturated rings. The van der Waals surface area contributed by atoms with E-state index in [0.29, 0.717) is 28.7 Å². The third-order valence-electron chi connectivity index (χ3n) is 5.96. The zero-order valence-electron chi connectivity index (χ0n) is 18.4. The van der Waals surface area contributed by atoms with Gasteiger partial charge in [-0.1, -0.05) is 54.1 Å².